The van der Waals surface area contributed by atoms with Gasteiger partial charge in [0.2, 0.25) is 0 Å². The van der Waals surface area contributed by atoms with Crippen molar-refractivity contribution in [3.8, 4) is 0 Å². The van der Waals surface area contributed by atoms with E-state index >= 15 is 0 Å². The second-order valence-corrected chi connectivity index (χ2v) is 3.62. The quantitative estimate of drug-likeness (QED) is 0.812. The SMILES string of the molecule is C[C@@H]1CNC[C@H](c2cnn(C(F)F)c2)O1. The highest BCUT2D eigenvalue weighted by Crippen LogP contribution is 2.22. The van der Waals surface area contributed by atoms with E-state index in [9.17, 15) is 8.78 Å². The van der Waals surface area contributed by atoms with Gasteiger partial charge in [-0.05, 0) is 6.92 Å². The smallest absolute Gasteiger partial charge is 0.333 e. The number of aromatic nitrogens is 2. The number of morpholine rings is 1. The third kappa shape index (κ3) is 2.32. The molecule has 0 aromatic carbocycles. The summed E-state index contributed by atoms with van der Waals surface area (Å²) >= 11 is 0. The molecule has 2 heterocycles. The Morgan fingerprint density at radius 2 is 2.40 bits per heavy atom. The molecule has 4 nitrogen and oxygen atoms in total. The van der Waals surface area contributed by atoms with Crippen molar-refractivity contribution in [2.24, 2.45) is 0 Å². The van der Waals surface area contributed by atoms with Gasteiger partial charge in [0.15, 0.2) is 0 Å². The largest absolute Gasteiger partial charge is 0.368 e. The number of halogens is 2. The van der Waals surface area contributed by atoms with E-state index in [-0.39, 0.29) is 12.2 Å². The molecule has 1 fully saturated rings. The molecule has 1 aliphatic heterocycles. The van der Waals surface area contributed by atoms with Crippen molar-refractivity contribution in [3.63, 3.8) is 0 Å². The molecule has 15 heavy (non-hydrogen) atoms. The Labute approximate surface area is 86.2 Å². The first-order chi connectivity index (χ1) is 7.16. The highest BCUT2D eigenvalue weighted by Gasteiger charge is 2.22. The molecule has 0 saturated carbocycles. The van der Waals surface area contributed by atoms with Crippen LogP contribution in [0.2, 0.25) is 0 Å². The van der Waals surface area contributed by atoms with Crippen molar-refractivity contribution in [2.75, 3.05) is 13.1 Å². The minimum atomic E-state index is -2.59. The molecule has 1 N–H and O–H groups in total. The van der Waals surface area contributed by atoms with Crippen molar-refractivity contribution >= 4 is 0 Å². The molecule has 0 aliphatic carbocycles. The van der Waals surface area contributed by atoms with E-state index in [0.717, 1.165) is 6.54 Å². The highest BCUT2D eigenvalue weighted by molar-refractivity contribution is 5.10. The standard InChI is InChI=1S/C9H13F2N3O/c1-6-2-12-4-8(15-6)7-3-13-14(5-7)9(10)11/h3,5-6,8-9,12H,2,4H2,1H3/t6-,8-/m1/s1. The van der Waals surface area contributed by atoms with Gasteiger partial charge >= 0.3 is 6.55 Å². The van der Waals surface area contributed by atoms with Gasteiger partial charge in [-0.25, -0.2) is 4.68 Å². The fraction of sp³-hybridized carbons (Fsp3) is 0.667. The van der Waals surface area contributed by atoms with Crippen LogP contribution in [-0.2, 0) is 4.74 Å². The zero-order valence-electron chi connectivity index (χ0n) is 8.36. The molecule has 0 bridgehead atoms. The second kappa shape index (κ2) is 4.24. The zero-order valence-corrected chi connectivity index (χ0v) is 8.36. The van der Waals surface area contributed by atoms with Crippen LogP contribution in [0.3, 0.4) is 0 Å². The molecule has 2 atom stereocenters. The van der Waals surface area contributed by atoms with Crippen LogP contribution in [0.5, 0.6) is 0 Å². The first-order valence-electron chi connectivity index (χ1n) is 4.85. The average Bonchev–Trinajstić information content (AvgIpc) is 2.66. The predicted octanol–water partition coefficient (Wildman–Crippen LogP) is 1.33. The van der Waals surface area contributed by atoms with Crippen molar-refractivity contribution in [3.05, 3.63) is 18.0 Å². The summed E-state index contributed by atoms with van der Waals surface area (Å²) in [6.45, 7) is 0.780. The third-order valence-electron chi connectivity index (χ3n) is 2.35. The van der Waals surface area contributed by atoms with Gasteiger partial charge < -0.3 is 10.1 Å². The van der Waals surface area contributed by atoms with Gasteiger partial charge in [0.05, 0.1) is 18.4 Å². The Hall–Kier alpha value is -1.01. The Balaban J connectivity index is 2.08. The van der Waals surface area contributed by atoms with E-state index in [1.54, 1.807) is 0 Å². The van der Waals surface area contributed by atoms with E-state index in [2.05, 4.69) is 10.4 Å². The Morgan fingerprint density at radius 3 is 3.00 bits per heavy atom. The minimum absolute atomic E-state index is 0.0960. The van der Waals surface area contributed by atoms with Crippen LogP contribution in [0.4, 0.5) is 8.78 Å². The third-order valence-corrected chi connectivity index (χ3v) is 2.35. The van der Waals surface area contributed by atoms with Crippen LogP contribution in [0, 0.1) is 0 Å². The summed E-state index contributed by atoms with van der Waals surface area (Å²) < 4.78 is 30.8. The van der Waals surface area contributed by atoms with Gasteiger partial charge in [-0.2, -0.15) is 13.9 Å². The maximum Gasteiger partial charge on any atom is 0.333 e. The zero-order chi connectivity index (χ0) is 10.8. The minimum Gasteiger partial charge on any atom is -0.368 e. The topological polar surface area (TPSA) is 39.1 Å². The number of rotatable bonds is 2. The maximum absolute atomic E-state index is 12.3. The lowest BCUT2D eigenvalue weighted by atomic mass is 10.1. The molecule has 2 rings (SSSR count). The molecule has 1 aliphatic rings. The van der Waals surface area contributed by atoms with E-state index in [4.69, 9.17) is 4.74 Å². The molecule has 84 valence electrons. The van der Waals surface area contributed by atoms with E-state index in [1.807, 2.05) is 6.92 Å². The maximum atomic E-state index is 12.3. The van der Waals surface area contributed by atoms with Crippen molar-refractivity contribution in [1.82, 2.24) is 15.1 Å². The lowest BCUT2D eigenvalue weighted by molar-refractivity contribution is -0.0289. The van der Waals surface area contributed by atoms with Crippen LogP contribution < -0.4 is 5.32 Å². The number of alkyl halides is 2. The highest BCUT2D eigenvalue weighted by atomic mass is 19.3. The molecule has 0 spiro atoms. The summed E-state index contributed by atoms with van der Waals surface area (Å²) in [6, 6.07) is 0. The van der Waals surface area contributed by atoms with Crippen molar-refractivity contribution in [2.45, 2.75) is 25.7 Å². The summed E-state index contributed by atoms with van der Waals surface area (Å²) in [5, 5.41) is 6.75. The van der Waals surface area contributed by atoms with Crippen molar-refractivity contribution in [1.29, 1.82) is 0 Å². The number of hydrogen-bond donors (Lipinski definition) is 1. The van der Waals surface area contributed by atoms with Crippen molar-refractivity contribution < 1.29 is 13.5 Å². The van der Waals surface area contributed by atoms with Gasteiger partial charge in [0.1, 0.15) is 0 Å². The normalized spacial score (nSPS) is 27.2. The van der Waals surface area contributed by atoms with Gasteiger partial charge in [-0.15, -0.1) is 0 Å². The first-order valence-corrected chi connectivity index (χ1v) is 4.85. The number of hydrogen-bond acceptors (Lipinski definition) is 3. The Kier molecular flexibility index (Phi) is 2.97. The van der Waals surface area contributed by atoms with Gasteiger partial charge in [0.25, 0.3) is 0 Å². The molecule has 6 heteroatoms. The molecular formula is C9H13F2N3O. The molecule has 0 radical (unpaired) electrons. The summed E-state index contributed by atoms with van der Waals surface area (Å²) in [6.07, 6.45) is 2.67. The molecule has 0 amide bonds. The van der Waals surface area contributed by atoms with Gasteiger partial charge in [-0.1, -0.05) is 0 Å². The van der Waals surface area contributed by atoms with Crippen LogP contribution in [0.1, 0.15) is 25.1 Å². The van der Waals surface area contributed by atoms with Crippen LogP contribution in [-0.4, -0.2) is 29.0 Å². The molecular weight excluding hydrogens is 204 g/mol. The molecule has 1 saturated heterocycles. The van der Waals surface area contributed by atoms with Crippen LogP contribution in [0.25, 0.3) is 0 Å². The fourth-order valence-corrected chi connectivity index (χ4v) is 1.62. The van der Waals surface area contributed by atoms with E-state index in [0.29, 0.717) is 16.8 Å². The second-order valence-electron chi connectivity index (χ2n) is 3.62. The lowest BCUT2D eigenvalue weighted by Crippen LogP contribution is -2.38. The lowest BCUT2D eigenvalue weighted by Gasteiger charge is -2.27. The monoisotopic (exact) mass is 217 g/mol. The number of nitrogens with zero attached hydrogens (tertiary/aromatic N) is 2. The Morgan fingerprint density at radius 1 is 1.60 bits per heavy atom. The van der Waals surface area contributed by atoms with E-state index < -0.39 is 6.55 Å². The summed E-state index contributed by atoms with van der Waals surface area (Å²) in [5.74, 6) is 0. The van der Waals surface area contributed by atoms with E-state index in [1.165, 1.54) is 12.4 Å². The summed E-state index contributed by atoms with van der Waals surface area (Å²) in [7, 11) is 0. The molecule has 1 aromatic rings. The van der Waals surface area contributed by atoms with Gasteiger partial charge in [0, 0.05) is 24.8 Å². The molecule has 1 aromatic heterocycles. The predicted molar refractivity (Wildman–Crippen MR) is 49.6 cm³/mol. The molecule has 0 unspecified atom stereocenters. The Bertz CT molecular complexity index is 329. The van der Waals surface area contributed by atoms with Crippen LogP contribution >= 0.6 is 0 Å². The average molecular weight is 217 g/mol. The summed E-state index contributed by atoms with van der Waals surface area (Å²) in [5.41, 5.74) is 0.689. The number of ether oxygens (including phenoxy) is 1. The first kappa shape index (κ1) is 10.5. The van der Waals surface area contributed by atoms with Crippen LogP contribution in [0.15, 0.2) is 12.4 Å². The summed E-state index contributed by atoms with van der Waals surface area (Å²) in [4.78, 5) is 0. The number of nitrogens with one attached hydrogen (secondary N) is 1. The fourth-order valence-electron chi connectivity index (χ4n) is 1.62. The van der Waals surface area contributed by atoms with Gasteiger partial charge in [-0.3, -0.25) is 0 Å².